The fraction of sp³-hybridized carbons (Fsp3) is 0.212. The van der Waals surface area contributed by atoms with Crippen LogP contribution in [0.2, 0.25) is 0 Å². The Morgan fingerprint density at radius 3 is 1.62 bits per heavy atom. The molecule has 0 heterocycles. The SMILES string of the molecule is COC(=O)[C@]1(N=C(c2ccccc2)c2ccccc2)C[C@H]1CN(Cc1ccccc1)Cc1ccccc1. The smallest absolute Gasteiger partial charge is 0.334 e. The van der Waals surface area contributed by atoms with Crippen molar-refractivity contribution in [2.45, 2.75) is 25.0 Å². The lowest BCUT2D eigenvalue weighted by Gasteiger charge is -2.24. The molecule has 0 aliphatic heterocycles. The summed E-state index contributed by atoms with van der Waals surface area (Å²) in [4.78, 5) is 20.9. The number of rotatable bonds is 10. The highest BCUT2D eigenvalue weighted by Gasteiger charge is 2.62. The average molecular weight is 489 g/mol. The molecule has 0 bridgehead atoms. The maximum Gasteiger partial charge on any atom is 0.334 e. The van der Waals surface area contributed by atoms with Gasteiger partial charge in [-0.05, 0) is 17.5 Å². The summed E-state index contributed by atoms with van der Waals surface area (Å²) in [5.41, 5.74) is 4.43. The molecule has 1 aliphatic rings. The van der Waals surface area contributed by atoms with Crippen LogP contribution in [0.25, 0.3) is 0 Å². The first-order valence-electron chi connectivity index (χ1n) is 12.8. The van der Waals surface area contributed by atoms with Crippen molar-refractivity contribution in [3.63, 3.8) is 0 Å². The molecule has 4 aromatic carbocycles. The van der Waals surface area contributed by atoms with Gasteiger partial charge < -0.3 is 4.74 Å². The second kappa shape index (κ2) is 11.4. The number of nitrogens with zero attached hydrogens (tertiary/aromatic N) is 2. The maximum atomic E-state index is 13.3. The number of ether oxygens (including phenoxy) is 1. The van der Waals surface area contributed by atoms with Crippen molar-refractivity contribution in [3.8, 4) is 0 Å². The number of methoxy groups -OCH3 is 1. The lowest BCUT2D eigenvalue weighted by molar-refractivity contribution is -0.143. The third kappa shape index (κ3) is 5.87. The fourth-order valence-electron chi connectivity index (χ4n) is 5.01. The molecule has 0 aromatic heterocycles. The Balaban J connectivity index is 1.47. The van der Waals surface area contributed by atoms with E-state index in [0.29, 0.717) is 6.42 Å². The molecule has 1 aliphatic carbocycles. The molecule has 0 unspecified atom stereocenters. The monoisotopic (exact) mass is 488 g/mol. The van der Waals surface area contributed by atoms with Gasteiger partial charge in [0.15, 0.2) is 5.54 Å². The summed E-state index contributed by atoms with van der Waals surface area (Å²) in [6, 6.07) is 41.2. The first kappa shape index (κ1) is 24.7. The molecule has 186 valence electrons. The highest BCUT2D eigenvalue weighted by Crippen LogP contribution is 2.49. The van der Waals surface area contributed by atoms with Crippen molar-refractivity contribution in [1.82, 2.24) is 4.90 Å². The Labute approximate surface area is 219 Å². The van der Waals surface area contributed by atoms with Gasteiger partial charge in [0.2, 0.25) is 0 Å². The average Bonchev–Trinajstić information content (AvgIpc) is 3.66. The Morgan fingerprint density at radius 2 is 1.19 bits per heavy atom. The summed E-state index contributed by atoms with van der Waals surface area (Å²) in [6.07, 6.45) is 0.670. The second-order valence-electron chi connectivity index (χ2n) is 9.65. The van der Waals surface area contributed by atoms with Gasteiger partial charge in [-0.3, -0.25) is 9.89 Å². The van der Waals surface area contributed by atoms with E-state index in [-0.39, 0.29) is 11.9 Å². The molecule has 4 aromatic rings. The molecule has 0 N–H and O–H groups in total. The fourth-order valence-corrected chi connectivity index (χ4v) is 5.01. The van der Waals surface area contributed by atoms with E-state index in [2.05, 4.69) is 53.4 Å². The molecular weight excluding hydrogens is 456 g/mol. The zero-order valence-electron chi connectivity index (χ0n) is 21.2. The molecule has 0 radical (unpaired) electrons. The van der Waals surface area contributed by atoms with Gasteiger partial charge in [0, 0.05) is 36.7 Å². The zero-order chi connectivity index (χ0) is 25.5. The van der Waals surface area contributed by atoms with Crippen LogP contribution in [-0.4, -0.2) is 35.8 Å². The number of aliphatic imine (C=N–C) groups is 1. The van der Waals surface area contributed by atoms with Crippen molar-refractivity contribution in [2.24, 2.45) is 10.9 Å². The molecule has 0 saturated heterocycles. The van der Waals surface area contributed by atoms with Gasteiger partial charge in [-0.1, -0.05) is 121 Å². The lowest BCUT2D eigenvalue weighted by atomic mass is 10.0. The molecule has 1 fully saturated rings. The molecule has 5 rings (SSSR count). The minimum absolute atomic E-state index is 0.0646. The van der Waals surface area contributed by atoms with Gasteiger partial charge in [-0.2, -0.15) is 0 Å². The van der Waals surface area contributed by atoms with Crippen LogP contribution < -0.4 is 0 Å². The number of carbonyl (C=O) groups excluding carboxylic acids is 1. The number of hydrogen-bond acceptors (Lipinski definition) is 4. The van der Waals surface area contributed by atoms with E-state index in [1.165, 1.54) is 18.2 Å². The summed E-state index contributed by atoms with van der Waals surface area (Å²) < 4.78 is 5.33. The van der Waals surface area contributed by atoms with Gasteiger partial charge in [-0.15, -0.1) is 0 Å². The number of esters is 1. The number of hydrogen-bond donors (Lipinski definition) is 0. The van der Waals surface area contributed by atoms with Gasteiger partial charge >= 0.3 is 5.97 Å². The highest BCUT2D eigenvalue weighted by atomic mass is 16.5. The van der Waals surface area contributed by atoms with E-state index >= 15 is 0 Å². The molecule has 1 saturated carbocycles. The van der Waals surface area contributed by atoms with Crippen molar-refractivity contribution >= 4 is 11.7 Å². The minimum Gasteiger partial charge on any atom is -0.467 e. The molecule has 0 amide bonds. The summed E-state index contributed by atoms with van der Waals surface area (Å²) in [5.74, 6) is -0.198. The van der Waals surface area contributed by atoms with Crippen LogP contribution in [0.3, 0.4) is 0 Å². The van der Waals surface area contributed by atoms with Crippen LogP contribution in [0.4, 0.5) is 0 Å². The van der Waals surface area contributed by atoms with E-state index in [0.717, 1.165) is 36.5 Å². The second-order valence-corrected chi connectivity index (χ2v) is 9.65. The van der Waals surface area contributed by atoms with Crippen molar-refractivity contribution in [3.05, 3.63) is 144 Å². The summed E-state index contributed by atoms with van der Waals surface area (Å²) >= 11 is 0. The Morgan fingerprint density at radius 1 is 0.757 bits per heavy atom. The third-order valence-electron chi connectivity index (χ3n) is 6.99. The van der Waals surface area contributed by atoms with E-state index < -0.39 is 5.54 Å². The molecule has 37 heavy (non-hydrogen) atoms. The standard InChI is InChI=1S/C33H32N2O2/c1-37-32(36)33(34-31(28-18-10-4-11-19-28)29-20-12-5-13-21-29)22-30(33)25-35(23-26-14-6-2-7-15-26)24-27-16-8-3-9-17-27/h2-21,30H,22-25H2,1H3/t30-,33-/m0/s1. The van der Waals surface area contributed by atoms with Crippen LogP contribution >= 0.6 is 0 Å². The van der Waals surface area contributed by atoms with Crippen molar-refractivity contribution in [2.75, 3.05) is 13.7 Å². The lowest BCUT2D eigenvalue weighted by Crippen LogP contribution is -2.32. The molecular formula is C33H32N2O2. The van der Waals surface area contributed by atoms with Gasteiger partial charge in [0.25, 0.3) is 0 Å². The maximum absolute atomic E-state index is 13.3. The van der Waals surface area contributed by atoms with E-state index in [1.54, 1.807) is 0 Å². The largest absolute Gasteiger partial charge is 0.467 e. The highest BCUT2D eigenvalue weighted by molar-refractivity contribution is 6.14. The summed E-state index contributed by atoms with van der Waals surface area (Å²) in [5, 5.41) is 0. The molecule has 2 atom stereocenters. The zero-order valence-corrected chi connectivity index (χ0v) is 21.2. The predicted molar refractivity (Wildman–Crippen MR) is 148 cm³/mol. The quantitative estimate of drug-likeness (QED) is 0.198. The molecule has 4 nitrogen and oxygen atoms in total. The van der Waals surface area contributed by atoms with Crippen LogP contribution in [0.5, 0.6) is 0 Å². The van der Waals surface area contributed by atoms with E-state index in [1.807, 2.05) is 72.8 Å². The first-order valence-corrected chi connectivity index (χ1v) is 12.8. The number of benzene rings is 4. The van der Waals surface area contributed by atoms with Crippen LogP contribution in [0.15, 0.2) is 126 Å². The van der Waals surface area contributed by atoms with Gasteiger partial charge in [0.1, 0.15) is 0 Å². The predicted octanol–water partition coefficient (Wildman–Crippen LogP) is 6.16. The van der Waals surface area contributed by atoms with Crippen LogP contribution in [0.1, 0.15) is 28.7 Å². The van der Waals surface area contributed by atoms with E-state index in [9.17, 15) is 4.79 Å². The van der Waals surface area contributed by atoms with Crippen LogP contribution in [-0.2, 0) is 22.6 Å². The molecule has 0 spiro atoms. The van der Waals surface area contributed by atoms with E-state index in [4.69, 9.17) is 9.73 Å². The molecule has 4 heteroatoms. The van der Waals surface area contributed by atoms with Crippen molar-refractivity contribution < 1.29 is 9.53 Å². The first-order chi connectivity index (χ1) is 18.2. The van der Waals surface area contributed by atoms with Crippen LogP contribution in [0, 0.1) is 5.92 Å². The topological polar surface area (TPSA) is 41.9 Å². The summed E-state index contributed by atoms with van der Waals surface area (Å²) in [6.45, 7) is 2.36. The Kier molecular flexibility index (Phi) is 7.57. The third-order valence-corrected chi connectivity index (χ3v) is 6.99. The Hall–Kier alpha value is -4.02. The van der Waals surface area contributed by atoms with Gasteiger partial charge in [0.05, 0.1) is 12.8 Å². The Bertz CT molecular complexity index is 1240. The number of carbonyl (C=O) groups is 1. The van der Waals surface area contributed by atoms with Crippen molar-refractivity contribution in [1.29, 1.82) is 0 Å². The van der Waals surface area contributed by atoms with Gasteiger partial charge in [-0.25, -0.2) is 4.79 Å². The minimum atomic E-state index is -0.888. The summed E-state index contributed by atoms with van der Waals surface area (Å²) in [7, 11) is 1.46. The normalized spacial score (nSPS) is 18.3.